The summed E-state index contributed by atoms with van der Waals surface area (Å²) in [5, 5.41) is 36.4. The van der Waals surface area contributed by atoms with Gasteiger partial charge in [0, 0.05) is 18.7 Å². The van der Waals surface area contributed by atoms with E-state index in [0.717, 1.165) is 36.4 Å². The Hall–Kier alpha value is -7.56. The number of rotatable bonds is 18. The van der Waals surface area contributed by atoms with Gasteiger partial charge in [0.05, 0.1) is 68.8 Å². The van der Waals surface area contributed by atoms with Gasteiger partial charge < -0.3 is 26.6 Å². The van der Waals surface area contributed by atoms with Crippen LogP contribution in [0.15, 0.2) is 147 Å². The van der Waals surface area contributed by atoms with Gasteiger partial charge >= 0.3 is 10.4 Å². The van der Waals surface area contributed by atoms with Crippen LogP contribution in [-0.2, 0) is 59.5 Å². The molecule has 10 N–H and O–H groups in total. The number of phenolic OH excluding ortho intramolecular Hbond substituents is 1. The SMILES string of the molecule is COc1cc(N=Nc2ccc(NS(=O)(=O)c3ccc(N=Nc4c(S(=O)(=O)O)cc5cc(S(=O)(=O)O)c(N=Nc6ccc(S(=O)(=O)CCOS(=O)(=O)O)cc6)c(O)c5c4N)cc3)cc2)c(NC(C)=O)cc1N. The summed E-state index contributed by atoms with van der Waals surface area (Å²) in [6.45, 7) is 0.386. The summed E-state index contributed by atoms with van der Waals surface area (Å²) in [6, 6.07) is 18.7. The standard InChI is InChI=1S/C39H36N10O17S5/c1-21(50)42-30-19-29(40)32(65-2)20-31(30)46-43-23-3-5-26(6-4-23)49-68(54,55)28-13-9-25(10-14-28)44-47-37-33(69(56,57)58)17-22-18-34(70(59,60)61)38(39(51)35(22)36(37)41)48-45-24-7-11-27(12-8-24)67(52,53)16-15-66-71(62,63)64/h3-14,17-20,49,51H,15-16,40-41H2,1-2H3,(H,42,50)(H,56,57,58)(H,59,60,61)(H,62,63,64). The highest BCUT2D eigenvalue weighted by Gasteiger charge is 2.28. The summed E-state index contributed by atoms with van der Waals surface area (Å²) in [5.74, 6) is -2.07. The highest BCUT2D eigenvalue weighted by Crippen LogP contribution is 2.48. The molecular formula is C39H36N10O17S5. The van der Waals surface area contributed by atoms with Crippen molar-refractivity contribution < 1.29 is 74.6 Å². The van der Waals surface area contributed by atoms with E-state index in [1.165, 1.54) is 62.6 Å². The number of nitrogens with zero attached hydrogens (tertiary/aromatic N) is 6. The summed E-state index contributed by atoms with van der Waals surface area (Å²) >= 11 is 0. The van der Waals surface area contributed by atoms with E-state index in [1.807, 2.05) is 0 Å². The molecule has 0 aliphatic rings. The van der Waals surface area contributed by atoms with Gasteiger partial charge in [0.2, 0.25) is 5.91 Å². The second-order valence-electron chi connectivity index (χ2n) is 14.4. The summed E-state index contributed by atoms with van der Waals surface area (Å²) in [6.07, 6.45) is 0. The number of methoxy groups -OCH3 is 1. The molecular weight excluding hydrogens is 1040 g/mol. The minimum Gasteiger partial charge on any atom is -0.505 e. The van der Waals surface area contributed by atoms with E-state index in [-0.39, 0.29) is 55.6 Å². The predicted octanol–water partition coefficient (Wildman–Crippen LogP) is 6.81. The normalized spacial score (nSPS) is 12.8. The van der Waals surface area contributed by atoms with E-state index >= 15 is 0 Å². The van der Waals surface area contributed by atoms with Crippen LogP contribution in [0, 0.1) is 0 Å². The van der Waals surface area contributed by atoms with Crippen molar-refractivity contribution in [2.24, 2.45) is 30.7 Å². The highest BCUT2D eigenvalue weighted by molar-refractivity contribution is 7.92. The van der Waals surface area contributed by atoms with Crippen LogP contribution in [-0.4, -0.2) is 86.2 Å². The Kier molecular flexibility index (Phi) is 15.2. The molecule has 0 aliphatic carbocycles. The first-order valence-corrected chi connectivity index (χ1v) is 26.7. The monoisotopic (exact) mass is 1080 g/mol. The number of anilines is 4. The molecule has 0 heterocycles. The summed E-state index contributed by atoms with van der Waals surface area (Å²) in [7, 11) is -22.5. The van der Waals surface area contributed by atoms with E-state index in [4.69, 9.17) is 20.8 Å². The Morgan fingerprint density at radius 2 is 1.14 bits per heavy atom. The number of azo groups is 3. The lowest BCUT2D eigenvalue weighted by molar-refractivity contribution is -0.114. The number of ether oxygens (including phenoxy) is 1. The molecule has 0 unspecified atom stereocenters. The van der Waals surface area contributed by atoms with Crippen LogP contribution < -0.4 is 26.2 Å². The number of carbonyl (C=O) groups is 1. The minimum absolute atomic E-state index is 0.0921. The van der Waals surface area contributed by atoms with Gasteiger partial charge in [0.15, 0.2) is 15.6 Å². The second kappa shape index (κ2) is 20.4. The number of hydrogen-bond acceptors (Lipinski definition) is 22. The average molecular weight is 1080 g/mol. The van der Waals surface area contributed by atoms with Gasteiger partial charge in [-0.25, -0.2) is 21.0 Å². The summed E-state index contributed by atoms with van der Waals surface area (Å²) in [4.78, 5) is 8.89. The number of phenols is 1. The molecule has 71 heavy (non-hydrogen) atoms. The predicted molar refractivity (Wildman–Crippen MR) is 254 cm³/mol. The lowest BCUT2D eigenvalue weighted by atomic mass is 10.1. The molecule has 0 spiro atoms. The first-order chi connectivity index (χ1) is 33.1. The average Bonchev–Trinajstić information content (AvgIpc) is 3.27. The first kappa shape index (κ1) is 52.8. The quantitative estimate of drug-likeness (QED) is 0.0249. The Morgan fingerprint density at radius 1 is 0.648 bits per heavy atom. The Morgan fingerprint density at radius 3 is 1.65 bits per heavy atom. The maximum absolute atomic E-state index is 13.3. The van der Waals surface area contributed by atoms with E-state index in [2.05, 4.69) is 44.9 Å². The van der Waals surface area contributed by atoms with Crippen LogP contribution in [0.4, 0.5) is 56.9 Å². The minimum atomic E-state index is -5.30. The Balaban J connectivity index is 1.25. The molecule has 0 aliphatic heterocycles. The van der Waals surface area contributed by atoms with Crippen LogP contribution in [0.5, 0.6) is 11.5 Å². The van der Waals surface area contributed by atoms with Crippen LogP contribution in [0.3, 0.4) is 0 Å². The summed E-state index contributed by atoms with van der Waals surface area (Å²) in [5.41, 5.74) is 10.6. The van der Waals surface area contributed by atoms with Crippen molar-refractivity contribution in [2.75, 3.05) is 41.0 Å². The van der Waals surface area contributed by atoms with Gasteiger partial charge in [-0.05, 0) is 96.4 Å². The number of nitrogen functional groups attached to an aromatic ring is 2. The first-order valence-electron chi connectivity index (χ1n) is 19.3. The number of sulfone groups is 1. The van der Waals surface area contributed by atoms with Crippen LogP contribution in [0.1, 0.15) is 6.92 Å². The van der Waals surface area contributed by atoms with Crippen LogP contribution >= 0.6 is 0 Å². The molecule has 6 rings (SSSR count). The largest absolute Gasteiger partial charge is 0.505 e. The third-order valence-corrected chi connectivity index (χ3v) is 14.7. The smallest absolute Gasteiger partial charge is 0.397 e. The van der Waals surface area contributed by atoms with Gasteiger partial charge in [0.25, 0.3) is 30.3 Å². The molecule has 0 radical (unpaired) electrons. The fraction of sp³-hybridized carbons (Fsp3) is 0.103. The van der Waals surface area contributed by atoms with Crippen molar-refractivity contribution in [3.05, 3.63) is 97.1 Å². The molecule has 6 aromatic carbocycles. The number of benzene rings is 6. The van der Waals surface area contributed by atoms with E-state index < -0.39 is 106 Å². The number of nitrogens with two attached hydrogens (primary N) is 2. The molecule has 1 amide bonds. The van der Waals surface area contributed by atoms with Gasteiger partial charge in [-0.1, -0.05) is 0 Å². The third kappa shape index (κ3) is 13.0. The number of hydrogen-bond donors (Lipinski definition) is 8. The zero-order valence-electron chi connectivity index (χ0n) is 36.1. The number of fused-ring (bicyclic) bond motifs is 1. The zero-order chi connectivity index (χ0) is 52.3. The zero-order valence-corrected chi connectivity index (χ0v) is 40.2. The molecule has 6 aromatic rings. The molecule has 0 saturated carbocycles. The molecule has 0 atom stereocenters. The molecule has 374 valence electrons. The number of carbonyl (C=O) groups excluding carboxylic acids is 1. The van der Waals surface area contributed by atoms with E-state index in [9.17, 15) is 61.1 Å². The van der Waals surface area contributed by atoms with Gasteiger partial charge in [-0.2, -0.15) is 40.6 Å². The van der Waals surface area contributed by atoms with Crippen molar-refractivity contribution in [3.8, 4) is 11.5 Å². The third-order valence-electron chi connectivity index (χ3n) is 9.38. The van der Waals surface area contributed by atoms with Gasteiger partial charge in [0.1, 0.15) is 32.6 Å². The Bertz CT molecular complexity index is 3770. The maximum atomic E-state index is 13.3. The number of aromatic hydroxyl groups is 1. The lowest BCUT2D eigenvalue weighted by Gasteiger charge is -2.14. The highest BCUT2D eigenvalue weighted by atomic mass is 32.3. The van der Waals surface area contributed by atoms with Gasteiger partial charge in [-0.15, -0.1) is 15.3 Å². The maximum Gasteiger partial charge on any atom is 0.397 e. The lowest BCUT2D eigenvalue weighted by Crippen LogP contribution is -2.15. The van der Waals surface area contributed by atoms with Crippen molar-refractivity contribution >= 4 is 124 Å². The Labute approximate surface area is 403 Å². The van der Waals surface area contributed by atoms with Crippen molar-refractivity contribution in [2.45, 2.75) is 26.5 Å². The topological polar surface area (TPSA) is 437 Å². The molecule has 27 nitrogen and oxygen atoms in total. The molecule has 0 bridgehead atoms. The number of sulfonamides is 1. The fourth-order valence-electron chi connectivity index (χ4n) is 6.16. The van der Waals surface area contributed by atoms with Crippen LogP contribution in [0.2, 0.25) is 0 Å². The second-order valence-corrected chi connectivity index (χ2v) is 22.0. The van der Waals surface area contributed by atoms with Crippen molar-refractivity contribution in [1.29, 1.82) is 0 Å². The molecule has 0 fully saturated rings. The molecule has 0 saturated heterocycles. The van der Waals surface area contributed by atoms with Gasteiger partial charge in [-0.3, -0.25) is 23.2 Å². The fourth-order valence-corrected chi connectivity index (χ4v) is 10.0. The van der Waals surface area contributed by atoms with Crippen LogP contribution in [0.25, 0.3) is 10.8 Å². The van der Waals surface area contributed by atoms with E-state index in [0.29, 0.717) is 17.8 Å². The summed E-state index contributed by atoms with van der Waals surface area (Å²) < 4.78 is 164. The van der Waals surface area contributed by atoms with Crippen molar-refractivity contribution in [1.82, 2.24) is 0 Å². The van der Waals surface area contributed by atoms with Crippen molar-refractivity contribution in [3.63, 3.8) is 0 Å². The number of amides is 1. The molecule has 0 aromatic heterocycles. The molecule has 32 heteroatoms. The van der Waals surface area contributed by atoms with E-state index in [1.54, 1.807) is 0 Å². The number of nitrogens with one attached hydrogen (secondary N) is 2.